The predicted molar refractivity (Wildman–Crippen MR) is 116 cm³/mol. The Morgan fingerprint density at radius 3 is 2.55 bits per heavy atom. The lowest BCUT2D eigenvalue weighted by Crippen LogP contribution is -2.50. The van der Waals surface area contributed by atoms with Crippen LogP contribution in [-0.2, 0) is 16.1 Å². The van der Waals surface area contributed by atoms with Crippen molar-refractivity contribution in [3.63, 3.8) is 0 Å². The second-order valence-electron chi connectivity index (χ2n) is 8.95. The van der Waals surface area contributed by atoms with Gasteiger partial charge in [0.05, 0.1) is 19.7 Å². The van der Waals surface area contributed by atoms with E-state index >= 15 is 0 Å². The molecule has 0 saturated heterocycles. The Morgan fingerprint density at radius 1 is 1.24 bits per heavy atom. The van der Waals surface area contributed by atoms with Crippen LogP contribution in [0.25, 0.3) is 5.76 Å². The summed E-state index contributed by atoms with van der Waals surface area (Å²) >= 11 is 0. The summed E-state index contributed by atoms with van der Waals surface area (Å²) < 4.78 is 11.3. The molecule has 0 aliphatic carbocycles. The Morgan fingerprint density at radius 2 is 1.97 bits per heavy atom. The molecule has 1 aromatic rings. The monoisotopic (exact) mass is 404 g/mol. The van der Waals surface area contributed by atoms with Crippen molar-refractivity contribution in [2.45, 2.75) is 60.4 Å². The number of nitrogens with zero attached hydrogens (tertiary/aromatic N) is 1. The van der Waals surface area contributed by atoms with Gasteiger partial charge in [0.1, 0.15) is 18.9 Å². The van der Waals surface area contributed by atoms with Gasteiger partial charge in [0.2, 0.25) is 0 Å². The van der Waals surface area contributed by atoms with E-state index in [0.717, 1.165) is 24.0 Å². The van der Waals surface area contributed by atoms with Gasteiger partial charge in [-0.05, 0) is 24.6 Å². The van der Waals surface area contributed by atoms with Gasteiger partial charge in [0, 0.05) is 23.0 Å². The van der Waals surface area contributed by atoms with Crippen LogP contribution in [0.15, 0.2) is 23.9 Å². The Balaban J connectivity index is 2.47. The molecule has 1 heterocycles. The third kappa shape index (κ3) is 6.04. The number of carbonyl (C=O) groups excluding carboxylic acids is 1. The molecule has 29 heavy (non-hydrogen) atoms. The van der Waals surface area contributed by atoms with Gasteiger partial charge in [-0.3, -0.25) is 4.79 Å². The summed E-state index contributed by atoms with van der Waals surface area (Å²) in [6, 6.07) is 5.60. The lowest BCUT2D eigenvalue weighted by Gasteiger charge is -2.49. The third-order valence-corrected chi connectivity index (χ3v) is 4.97. The number of unbranched alkanes of at least 4 members (excludes halogenated alkanes) is 1. The highest BCUT2D eigenvalue weighted by molar-refractivity contribution is 5.79. The number of ether oxygens (including phenoxy) is 2. The number of rotatable bonds is 10. The van der Waals surface area contributed by atoms with E-state index in [1.54, 1.807) is 0 Å². The van der Waals surface area contributed by atoms with E-state index in [1.807, 2.05) is 25.1 Å². The van der Waals surface area contributed by atoms with Crippen LogP contribution in [0.3, 0.4) is 0 Å². The molecule has 0 aromatic heterocycles. The highest BCUT2D eigenvalue weighted by atomic mass is 16.6. The molecule has 1 aliphatic rings. The summed E-state index contributed by atoms with van der Waals surface area (Å²) in [7, 11) is 0. The van der Waals surface area contributed by atoms with Crippen LogP contribution in [0.2, 0.25) is 0 Å². The topological polar surface area (TPSA) is 84.6 Å². The normalized spacial score (nSPS) is 19.1. The quantitative estimate of drug-likeness (QED) is 0.356. The molecule has 0 bridgehead atoms. The zero-order valence-electron chi connectivity index (χ0n) is 18.5. The molecule has 2 N–H and O–H groups in total. The molecule has 1 atom stereocenters. The van der Waals surface area contributed by atoms with Gasteiger partial charge < -0.3 is 25.1 Å². The van der Waals surface area contributed by atoms with E-state index in [0.29, 0.717) is 43.3 Å². The first-order valence-corrected chi connectivity index (χ1v) is 10.6. The standard InChI is InChI=1S/C23H36N2O4/c1-6-8-11-28-22-20-12-19(29-15-18(26)7-2)10-9-17(20)14-25(27,21(22)13-24)16-23(3,4)5/h9-10,12H,6-8,11,13-16,24H2,1-5H3. The first-order valence-electron chi connectivity index (χ1n) is 10.6. The lowest BCUT2D eigenvalue weighted by molar-refractivity contribution is -0.863. The minimum Gasteiger partial charge on any atom is -0.627 e. The number of ketones is 1. The summed E-state index contributed by atoms with van der Waals surface area (Å²) in [6.45, 7) is 11.5. The fourth-order valence-electron chi connectivity index (χ4n) is 3.63. The SMILES string of the molecule is CCCCOC1=C(CN)[N+]([O-])(CC(C)(C)C)Cc2ccc(OCC(=O)CC)cc21. The molecule has 1 unspecified atom stereocenters. The number of hydrogen-bond acceptors (Lipinski definition) is 5. The maximum Gasteiger partial charge on any atom is 0.185 e. The van der Waals surface area contributed by atoms with Crippen LogP contribution < -0.4 is 10.5 Å². The van der Waals surface area contributed by atoms with Gasteiger partial charge in [0.15, 0.2) is 17.2 Å². The van der Waals surface area contributed by atoms with E-state index in [-0.39, 0.29) is 24.3 Å². The summed E-state index contributed by atoms with van der Waals surface area (Å²) in [5.41, 5.74) is 8.26. The highest BCUT2D eigenvalue weighted by Gasteiger charge is 2.38. The van der Waals surface area contributed by atoms with Gasteiger partial charge >= 0.3 is 0 Å². The van der Waals surface area contributed by atoms with Crippen molar-refractivity contribution in [3.8, 4) is 5.75 Å². The van der Waals surface area contributed by atoms with Crippen LogP contribution in [0.1, 0.15) is 65.0 Å². The zero-order valence-corrected chi connectivity index (χ0v) is 18.5. The maximum atomic E-state index is 13.9. The highest BCUT2D eigenvalue weighted by Crippen LogP contribution is 2.40. The largest absolute Gasteiger partial charge is 0.627 e. The van der Waals surface area contributed by atoms with E-state index < -0.39 is 4.65 Å². The Hall–Kier alpha value is -1.89. The molecule has 0 radical (unpaired) electrons. The van der Waals surface area contributed by atoms with Crippen molar-refractivity contribution in [3.05, 3.63) is 40.2 Å². The van der Waals surface area contributed by atoms with Gasteiger partial charge in [-0.15, -0.1) is 0 Å². The molecule has 6 heteroatoms. The number of carbonyl (C=O) groups is 1. The van der Waals surface area contributed by atoms with E-state index in [4.69, 9.17) is 15.2 Å². The Bertz CT molecular complexity index is 752. The van der Waals surface area contributed by atoms with Crippen LogP contribution in [0.5, 0.6) is 5.75 Å². The van der Waals surface area contributed by atoms with Gasteiger partial charge in [-0.1, -0.05) is 41.0 Å². The van der Waals surface area contributed by atoms with Gasteiger partial charge in [-0.25, -0.2) is 0 Å². The predicted octanol–water partition coefficient (Wildman–Crippen LogP) is 4.36. The Kier molecular flexibility index (Phi) is 7.86. The molecular formula is C23H36N2O4. The van der Waals surface area contributed by atoms with Crippen molar-refractivity contribution in [2.75, 3.05) is 26.3 Å². The molecule has 0 saturated carbocycles. The molecular weight excluding hydrogens is 368 g/mol. The molecule has 0 spiro atoms. The fraction of sp³-hybridized carbons (Fsp3) is 0.609. The van der Waals surface area contributed by atoms with Crippen LogP contribution in [0.4, 0.5) is 0 Å². The Labute approximate surface area is 174 Å². The van der Waals surface area contributed by atoms with Crippen molar-refractivity contribution in [2.24, 2.45) is 11.1 Å². The smallest absolute Gasteiger partial charge is 0.185 e. The number of hydrogen-bond donors (Lipinski definition) is 1. The van der Waals surface area contributed by atoms with Crippen molar-refractivity contribution >= 4 is 11.5 Å². The molecule has 2 rings (SSSR count). The molecule has 162 valence electrons. The maximum absolute atomic E-state index is 13.9. The fourth-order valence-corrected chi connectivity index (χ4v) is 3.63. The number of benzene rings is 1. The first-order chi connectivity index (χ1) is 13.6. The first kappa shape index (κ1) is 23.4. The van der Waals surface area contributed by atoms with Crippen molar-refractivity contribution in [1.82, 2.24) is 0 Å². The summed E-state index contributed by atoms with van der Waals surface area (Å²) in [4.78, 5) is 11.6. The minimum absolute atomic E-state index is 0.0420. The van der Waals surface area contributed by atoms with Crippen LogP contribution in [0, 0.1) is 10.6 Å². The number of nitrogens with two attached hydrogens (primary N) is 1. The minimum atomic E-state index is -0.497. The summed E-state index contributed by atoms with van der Waals surface area (Å²) in [6.07, 6.45) is 2.34. The number of quaternary nitrogens is 1. The van der Waals surface area contributed by atoms with Crippen molar-refractivity contribution < 1.29 is 18.9 Å². The van der Waals surface area contributed by atoms with Gasteiger partial charge in [-0.2, -0.15) is 0 Å². The zero-order chi connectivity index (χ0) is 21.7. The number of fused-ring (bicyclic) bond motifs is 1. The third-order valence-electron chi connectivity index (χ3n) is 4.97. The second kappa shape index (κ2) is 9.74. The summed E-state index contributed by atoms with van der Waals surface area (Å²) in [5, 5.41) is 13.9. The average Bonchev–Trinajstić information content (AvgIpc) is 2.64. The van der Waals surface area contributed by atoms with Crippen molar-refractivity contribution in [1.29, 1.82) is 0 Å². The van der Waals surface area contributed by atoms with E-state index in [2.05, 4.69) is 27.7 Å². The van der Waals surface area contributed by atoms with E-state index in [9.17, 15) is 10.0 Å². The number of Topliss-reactive ketones (excluding diaryl/α,β-unsaturated/α-hetero) is 1. The molecule has 1 aliphatic heterocycles. The molecule has 0 fully saturated rings. The molecule has 6 nitrogen and oxygen atoms in total. The van der Waals surface area contributed by atoms with Crippen LogP contribution in [-0.4, -0.2) is 36.7 Å². The van der Waals surface area contributed by atoms with Crippen LogP contribution >= 0.6 is 0 Å². The molecule has 1 aromatic carbocycles. The lowest BCUT2D eigenvalue weighted by atomic mass is 9.92. The summed E-state index contributed by atoms with van der Waals surface area (Å²) in [5.74, 6) is 1.22. The second-order valence-corrected chi connectivity index (χ2v) is 8.95. The van der Waals surface area contributed by atoms with Gasteiger partial charge in [0.25, 0.3) is 0 Å². The molecule has 0 amide bonds. The van der Waals surface area contributed by atoms with E-state index in [1.165, 1.54) is 0 Å². The number of hydroxylamine groups is 3. The average molecular weight is 405 g/mol.